The Hall–Kier alpha value is -2.94. The average molecular weight is 376 g/mol. The molecule has 0 atom stereocenters. The van der Waals surface area contributed by atoms with Crippen LogP contribution in [0.5, 0.6) is 11.6 Å². The molecular weight excluding hydrogens is 356 g/mol. The molecule has 0 unspecified atom stereocenters. The van der Waals surface area contributed by atoms with Crippen LogP contribution in [0, 0.1) is 4.77 Å². The number of aromatic amines is 1. The predicted molar refractivity (Wildman–Crippen MR) is 101 cm³/mol. The average Bonchev–Trinajstić information content (AvgIpc) is 2.62. The Kier molecular flexibility index (Phi) is 6.67. The van der Waals surface area contributed by atoms with Crippen LogP contribution in [0.3, 0.4) is 0 Å². The van der Waals surface area contributed by atoms with E-state index in [1.165, 1.54) is 11.7 Å². The van der Waals surface area contributed by atoms with E-state index in [0.29, 0.717) is 17.9 Å². The van der Waals surface area contributed by atoms with Gasteiger partial charge in [0.05, 0.1) is 19.0 Å². The summed E-state index contributed by atoms with van der Waals surface area (Å²) in [6.07, 6.45) is 3.05. The number of methoxy groups -OCH3 is 1. The molecule has 9 heteroatoms. The summed E-state index contributed by atoms with van der Waals surface area (Å²) in [4.78, 5) is 26.2. The molecule has 2 aromatic rings. The van der Waals surface area contributed by atoms with Gasteiger partial charge in [0.2, 0.25) is 11.8 Å². The minimum atomic E-state index is -0.620. The van der Waals surface area contributed by atoms with E-state index in [1.807, 2.05) is 6.92 Å². The predicted octanol–water partition coefficient (Wildman–Crippen LogP) is 2.25. The quantitative estimate of drug-likeness (QED) is 0.390. The van der Waals surface area contributed by atoms with E-state index >= 15 is 0 Å². The number of para-hydroxylation sites is 2. The molecule has 1 aromatic carbocycles. The second-order valence-electron chi connectivity index (χ2n) is 5.40. The number of hydrazone groups is 1. The number of rotatable bonds is 7. The van der Waals surface area contributed by atoms with Gasteiger partial charge in [-0.15, -0.1) is 0 Å². The van der Waals surface area contributed by atoms with Crippen LogP contribution >= 0.6 is 12.2 Å². The topological polar surface area (TPSA) is 109 Å². The number of hydrogen-bond donors (Lipinski definition) is 3. The number of benzene rings is 1. The number of aromatic hydroxyl groups is 1. The number of H-pyrrole nitrogens is 1. The number of nitrogens with one attached hydrogen (secondary N) is 2. The first-order valence-corrected chi connectivity index (χ1v) is 8.44. The van der Waals surface area contributed by atoms with Gasteiger partial charge in [-0.25, -0.2) is 5.43 Å². The summed E-state index contributed by atoms with van der Waals surface area (Å²) in [6, 6.07) is 6.89. The van der Waals surface area contributed by atoms with Gasteiger partial charge in [0.1, 0.15) is 11.3 Å². The van der Waals surface area contributed by atoms with Gasteiger partial charge in [-0.2, -0.15) is 5.10 Å². The Balaban J connectivity index is 2.42. The van der Waals surface area contributed by atoms with Crippen molar-refractivity contribution < 1.29 is 14.6 Å². The van der Waals surface area contributed by atoms with E-state index in [0.717, 1.165) is 19.1 Å². The Morgan fingerprint density at radius 3 is 2.88 bits per heavy atom. The van der Waals surface area contributed by atoms with E-state index in [-0.39, 0.29) is 16.2 Å². The molecule has 3 N–H and O–H groups in total. The summed E-state index contributed by atoms with van der Waals surface area (Å²) in [6.45, 7) is 1.97. The minimum Gasteiger partial charge on any atom is -0.495 e. The third-order valence-corrected chi connectivity index (χ3v) is 3.87. The van der Waals surface area contributed by atoms with Gasteiger partial charge in [-0.1, -0.05) is 25.5 Å². The monoisotopic (exact) mass is 376 g/mol. The van der Waals surface area contributed by atoms with Crippen molar-refractivity contribution in [3.05, 3.63) is 45.0 Å². The van der Waals surface area contributed by atoms with Crippen LogP contribution in [-0.2, 0) is 4.79 Å². The summed E-state index contributed by atoms with van der Waals surface area (Å²) in [5, 5.41) is 14.3. The molecule has 0 aliphatic heterocycles. The highest BCUT2D eigenvalue weighted by Crippen LogP contribution is 2.26. The number of nitrogens with zero attached hydrogens (tertiary/aromatic N) is 2. The zero-order valence-electron chi connectivity index (χ0n) is 14.5. The van der Waals surface area contributed by atoms with Crippen molar-refractivity contribution in [3.8, 4) is 17.3 Å². The van der Waals surface area contributed by atoms with Crippen molar-refractivity contribution in [3.63, 3.8) is 0 Å². The molecule has 1 aromatic heterocycles. The number of carbonyl (C=O) groups is 1. The fourth-order valence-corrected chi connectivity index (χ4v) is 2.53. The van der Waals surface area contributed by atoms with E-state index in [2.05, 4.69) is 15.5 Å². The molecule has 0 saturated heterocycles. The molecule has 0 aliphatic rings. The maximum atomic E-state index is 12.1. The van der Waals surface area contributed by atoms with Gasteiger partial charge < -0.3 is 9.84 Å². The molecule has 1 heterocycles. The van der Waals surface area contributed by atoms with Crippen LogP contribution in [0.25, 0.3) is 5.69 Å². The summed E-state index contributed by atoms with van der Waals surface area (Å²) in [7, 11) is 1.49. The molecule has 1 amide bonds. The van der Waals surface area contributed by atoms with E-state index < -0.39 is 11.4 Å². The lowest BCUT2D eigenvalue weighted by atomic mass is 10.2. The number of amides is 1. The van der Waals surface area contributed by atoms with Crippen LogP contribution < -0.4 is 15.7 Å². The van der Waals surface area contributed by atoms with Crippen LogP contribution in [-0.4, -0.2) is 33.9 Å². The smallest absolute Gasteiger partial charge is 0.264 e. The summed E-state index contributed by atoms with van der Waals surface area (Å²) >= 11 is 5.16. The lowest BCUT2D eigenvalue weighted by Gasteiger charge is -2.14. The molecule has 0 bridgehead atoms. The Morgan fingerprint density at radius 1 is 1.46 bits per heavy atom. The van der Waals surface area contributed by atoms with E-state index in [4.69, 9.17) is 17.0 Å². The number of unbranched alkanes of at least 4 members (excludes halogenated alkanes) is 1. The molecule has 26 heavy (non-hydrogen) atoms. The van der Waals surface area contributed by atoms with Crippen LogP contribution in [0.2, 0.25) is 0 Å². The SMILES string of the molecule is CCCCC(=O)NN=Cc1c(O)n(-c2ccccc2OC)c(=S)[nH]c1=O. The van der Waals surface area contributed by atoms with Crippen molar-refractivity contribution in [1.29, 1.82) is 0 Å². The zero-order chi connectivity index (χ0) is 19.1. The maximum absolute atomic E-state index is 12.1. The second kappa shape index (κ2) is 8.95. The van der Waals surface area contributed by atoms with Gasteiger partial charge in [0.25, 0.3) is 5.56 Å². The molecule has 138 valence electrons. The summed E-state index contributed by atoms with van der Waals surface area (Å²) in [5.41, 5.74) is 2.02. The molecule has 2 rings (SSSR count). The van der Waals surface area contributed by atoms with Crippen molar-refractivity contribution in [2.24, 2.45) is 5.10 Å². The van der Waals surface area contributed by atoms with Crippen LogP contribution in [0.15, 0.2) is 34.2 Å². The number of aromatic nitrogens is 2. The first-order valence-electron chi connectivity index (χ1n) is 8.03. The first kappa shape index (κ1) is 19.4. The normalized spacial score (nSPS) is 10.8. The second-order valence-corrected chi connectivity index (χ2v) is 5.79. The largest absolute Gasteiger partial charge is 0.495 e. The number of carbonyl (C=O) groups excluding carboxylic acids is 1. The summed E-state index contributed by atoms with van der Waals surface area (Å²) in [5.74, 6) is -0.215. The van der Waals surface area contributed by atoms with Gasteiger partial charge in [0.15, 0.2) is 4.77 Å². The standard InChI is InChI=1S/C17H20N4O4S/c1-3-4-9-14(22)20-18-10-11-15(23)19-17(26)21(16(11)24)12-7-5-6-8-13(12)25-2/h5-8,10,24H,3-4,9H2,1-2H3,(H,20,22)(H,19,23,26). The minimum absolute atomic E-state index is 0.00105. The Morgan fingerprint density at radius 2 is 2.19 bits per heavy atom. The molecule has 0 aliphatic carbocycles. The third kappa shape index (κ3) is 4.37. The summed E-state index contributed by atoms with van der Waals surface area (Å²) < 4.78 is 6.53. The lowest BCUT2D eigenvalue weighted by molar-refractivity contribution is -0.121. The molecule has 0 spiro atoms. The molecule has 0 saturated carbocycles. The van der Waals surface area contributed by atoms with Crippen molar-refractivity contribution >= 4 is 24.3 Å². The van der Waals surface area contributed by atoms with Gasteiger partial charge in [-0.05, 0) is 30.8 Å². The molecule has 8 nitrogen and oxygen atoms in total. The Bertz CT molecular complexity index is 933. The first-order chi connectivity index (χ1) is 12.5. The van der Waals surface area contributed by atoms with Crippen LogP contribution in [0.1, 0.15) is 31.7 Å². The number of ether oxygens (including phenoxy) is 1. The highest BCUT2D eigenvalue weighted by atomic mass is 32.1. The lowest BCUT2D eigenvalue weighted by Crippen LogP contribution is -2.21. The molecular formula is C17H20N4O4S. The zero-order valence-corrected chi connectivity index (χ0v) is 15.3. The fourth-order valence-electron chi connectivity index (χ4n) is 2.25. The van der Waals surface area contributed by atoms with Crippen molar-refractivity contribution in [2.75, 3.05) is 7.11 Å². The molecule has 0 radical (unpaired) electrons. The Labute approximate surface area is 155 Å². The van der Waals surface area contributed by atoms with Gasteiger partial charge in [0, 0.05) is 6.42 Å². The van der Waals surface area contributed by atoms with E-state index in [9.17, 15) is 14.7 Å². The van der Waals surface area contributed by atoms with Crippen molar-refractivity contribution in [1.82, 2.24) is 15.0 Å². The van der Waals surface area contributed by atoms with Gasteiger partial charge in [-0.3, -0.25) is 19.1 Å². The van der Waals surface area contributed by atoms with E-state index in [1.54, 1.807) is 24.3 Å². The maximum Gasteiger partial charge on any atom is 0.264 e. The van der Waals surface area contributed by atoms with Crippen molar-refractivity contribution in [2.45, 2.75) is 26.2 Å². The number of hydrogen-bond acceptors (Lipinski definition) is 6. The highest BCUT2D eigenvalue weighted by Gasteiger charge is 2.15. The third-order valence-electron chi connectivity index (χ3n) is 3.59. The molecule has 0 fully saturated rings. The highest BCUT2D eigenvalue weighted by molar-refractivity contribution is 7.71. The van der Waals surface area contributed by atoms with Crippen LogP contribution in [0.4, 0.5) is 0 Å². The van der Waals surface area contributed by atoms with Gasteiger partial charge >= 0.3 is 0 Å². The fraction of sp³-hybridized carbons (Fsp3) is 0.294.